The number of carbonyl (C=O) groups excluding carboxylic acids is 1. The quantitative estimate of drug-likeness (QED) is 0.684. The van der Waals surface area contributed by atoms with Crippen LogP contribution in [-0.2, 0) is 11.3 Å². The highest BCUT2D eigenvalue weighted by molar-refractivity contribution is 5.80. The molecule has 3 fully saturated rings. The van der Waals surface area contributed by atoms with E-state index in [0.29, 0.717) is 11.9 Å². The summed E-state index contributed by atoms with van der Waals surface area (Å²) >= 11 is 0. The van der Waals surface area contributed by atoms with Crippen molar-refractivity contribution in [3.63, 3.8) is 0 Å². The molecule has 3 saturated heterocycles. The Bertz CT molecular complexity index is 1020. The highest BCUT2D eigenvalue weighted by atomic mass is 16.3. The SMILES string of the molecule is Cc1ccc(-c2nn(-c3ccccc3)cc2CN2CC3CCC(C2)N(C)C3=O)o1. The second-order valence-corrected chi connectivity index (χ2v) is 8.26. The third kappa shape index (κ3) is 3.38. The zero-order valence-electron chi connectivity index (χ0n) is 16.9. The number of fused-ring (bicyclic) bond motifs is 4. The van der Waals surface area contributed by atoms with Crippen LogP contribution < -0.4 is 0 Å². The van der Waals surface area contributed by atoms with Crippen molar-refractivity contribution in [1.82, 2.24) is 19.6 Å². The summed E-state index contributed by atoms with van der Waals surface area (Å²) in [6, 6.07) is 14.4. The molecule has 3 aromatic rings. The molecule has 0 spiro atoms. The summed E-state index contributed by atoms with van der Waals surface area (Å²) in [5, 5.41) is 4.86. The van der Waals surface area contributed by atoms with Crippen molar-refractivity contribution in [3.8, 4) is 17.1 Å². The van der Waals surface area contributed by atoms with Crippen molar-refractivity contribution in [3.05, 3.63) is 60.0 Å². The fourth-order valence-electron chi connectivity index (χ4n) is 4.62. The number of hydrogen-bond acceptors (Lipinski definition) is 4. The molecule has 2 atom stereocenters. The third-order valence-corrected chi connectivity index (χ3v) is 6.22. The number of hydrogen-bond donors (Lipinski definition) is 0. The molecular formula is C23H26N4O2. The number of likely N-dealkylation sites (N-methyl/N-ethyl adjacent to an activating group) is 1. The second-order valence-electron chi connectivity index (χ2n) is 8.26. The van der Waals surface area contributed by atoms with Gasteiger partial charge in [0.1, 0.15) is 11.5 Å². The first-order chi connectivity index (χ1) is 14.1. The van der Waals surface area contributed by atoms with Crippen LogP contribution in [0.2, 0.25) is 0 Å². The molecule has 5 heterocycles. The Balaban J connectivity index is 1.49. The average Bonchev–Trinajstić information content (AvgIpc) is 3.25. The van der Waals surface area contributed by atoms with Crippen LogP contribution in [-0.4, -0.2) is 51.7 Å². The summed E-state index contributed by atoms with van der Waals surface area (Å²) < 4.78 is 7.83. The Hall–Kier alpha value is -2.86. The highest BCUT2D eigenvalue weighted by Gasteiger charge is 2.38. The number of benzene rings is 1. The summed E-state index contributed by atoms with van der Waals surface area (Å²) in [5.41, 5.74) is 3.02. The predicted octanol–water partition coefficient (Wildman–Crippen LogP) is 3.49. The van der Waals surface area contributed by atoms with E-state index in [2.05, 4.69) is 11.1 Å². The average molecular weight is 390 g/mol. The molecule has 29 heavy (non-hydrogen) atoms. The van der Waals surface area contributed by atoms with Gasteiger partial charge in [0.05, 0.1) is 11.6 Å². The van der Waals surface area contributed by atoms with Gasteiger partial charge in [-0.1, -0.05) is 18.2 Å². The van der Waals surface area contributed by atoms with E-state index in [9.17, 15) is 4.79 Å². The Morgan fingerprint density at radius 2 is 1.93 bits per heavy atom. The van der Waals surface area contributed by atoms with E-state index in [4.69, 9.17) is 9.52 Å². The van der Waals surface area contributed by atoms with E-state index < -0.39 is 0 Å². The minimum atomic E-state index is 0.109. The summed E-state index contributed by atoms with van der Waals surface area (Å²) in [5.74, 6) is 2.07. The van der Waals surface area contributed by atoms with Crippen LogP contribution in [0.5, 0.6) is 0 Å². The number of furan rings is 1. The van der Waals surface area contributed by atoms with E-state index in [-0.39, 0.29) is 5.92 Å². The van der Waals surface area contributed by atoms with Gasteiger partial charge < -0.3 is 9.32 Å². The number of rotatable bonds is 4. The lowest BCUT2D eigenvalue weighted by Crippen LogP contribution is -2.45. The largest absolute Gasteiger partial charge is 0.460 e. The molecule has 1 amide bonds. The number of amides is 1. The monoisotopic (exact) mass is 390 g/mol. The zero-order chi connectivity index (χ0) is 20.0. The number of nitrogens with zero attached hydrogens (tertiary/aromatic N) is 4. The van der Waals surface area contributed by atoms with Gasteiger partial charge in [-0.15, -0.1) is 0 Å². The number of aromatic nitrogens is 2. The molecule has 0 aliphatic carbocycles. The van der Waals surface area contributed by atoms with Crippen molar-refractivity contribution >= 4 is 5.91 Å². The van der Waals surface area contributed by atoms with E-state index in [1.165, 1.54) is 0 Å². The first-order valence-electron chi connectivity index (χ1n) is 10.3. The van der Waals surface area contributed by atoms with Gasteiger partial charge in [0, 0.05) is 44.5 Å². The summed E-state index contributed by atoms with van der Waals surface area (Å²) in [6.45, 7) is 4.43. The van der Waals surface area contributed by atoms with Gasteiger partial charge in [0.25, 0.3) is 0 Å². The smallest absolute Gasteiger partial charge is 0.227 e. The van der Waals surface area contributed by atoms with Crippen molar-refractivity contribution in [2.45, 2.75) is 32.4 Å². The minimum absolute atomic E-state index is 0.109. The van der Waals surface area contributed by atoms with Crippen LogP contribution in [0.25, 0.3) is 17.1 Å². The van der Waals surface area contributed by atoms with Crippen LogP contribution in [0, 0.1) is 12.8 Å². The molecule has 2 unspecified atom stereocenters. The van der Waals surface area contributed by atoms with E-state index in [1.807, 2.05) is 66.0 Å². The number of para-hydroxylation sites is 1. The maximum absolute atomic E-state index is 12.6. The van der Waals surface area contributed by atoms with Gasteiger partial charge in [-0.2, -0.15) is 5.10 Å². The zero-order valence-corrected chi connectivity index (χ0v) is 16.9. The van der Waals surface area contributed by atoms with E-state index >= 15 is 0 Å². The highest BCUT2D eigenvalue weighted by Crippen LogP contribution is 2.31. The normalized spacial score (nSPS) is 22.3. The van der Waals surface area contributed by atoms with Gasteiger partial charge in [-0.3, -0.25) is 9.69 Å². The van der Waals surface area contributed by atoms with Gasteiger partial charge in [-0.25, -0.2) is 4.68 Å². The molecular weight excluding hydrogens is 364 g/mol. The van der Waals surface area contributed by atoms with Crippen molar-refractivity contribution in [2.24, 2.45) is 5.92 Å². The molecule has 6 nitrogen and oxygen atoms in total. The molecule has 150 valence electrons. The minimum Gasteiger partial charge on any atom is -0.460 e. The van der Waals surface area contributed by atoms with Crippen LogP contribution in [0.15, 0.2) is 53.1 Å². The summed E-state index contributed by atoms with van der Waals surface area (Å²) in [7, 11) is 1.95. The predicted molar refractivity (Wildman–Crippen MR) is 111 cm³/mol. The molecule has 2 bridgehead atoms. The maximum Gasteiger partial charge on any atom is 0.227 e. The van der Waals surface area contributed by atoms with Crippen LogP contribution in [0.3, 0.4) is 0 Å². The molecule has 6 heteroatoms. The second kappa shape index (κ2) is 7.19. The molecule has 3 aliphatic rings. The van der Waals surface area contributed by atoms with Crippen LogP contribution in [0.1, 0.15) is 24.2 Å². The maximum atomic E-state index is 12.6. The Kier molecular flexibility index (Phi) is 4.51. The summed E-state index contributed by atoms with van der Waals surface area (Å²) in [4.78, 5) is 16.9. The van der Waals surface area contributed by atoms with Crippen LogP contribution >= 0.6 is 0 Å². The molecule has 3 aliphatic heterocycles. The van der Waals surface area contributed by atoms with Gasteiger partial charge in [0.2, 0.25) is 5.91 Å². The fourth-order valence-corrected chi connectivity index (χ4v) is 4.62. The summed E-state index contributed by atoms with van der Waals surface area (Å²) in [6.07, 6.45) is 4.19. The lowest BCUT2D eigenvalue weighted by molar-refractivity contribution is -0.138. The molecule has 6 rings (SSSR count). The van der Waals surface area contributed by atoms with Gasteiger partial charge in [0.15, 0.2) is 5.76 Å². The topological polar surface area (TPSA) is 54.5 Å². The van der Waals surface area contributed by atoms with Crippen LogP contribution in [0.4, 0.5) is 0 Å². The Morgan fingerprint density at radius 3 is 2.69 bits per heavy atom. The molecule has 0 N–H and O–H groups in total. The number of aryl methyl sites for hydroxylation is 1. The molecule has 0 saturated carbocycles. The van der Waals surface area contributed by atoms with Crippen molar-refractivity contribution < 1.29 is 9.21 Å². The molecule has 0 radical (unpaired) electrons. The lowest BCUT2D eigenvalue weighted by Gasteiger charge is -2.32. The van der Waals surface area contributed by atoms with E-state index in [0.717, 1.165) is 60.9 Å². The first kappa shape index (κ1) is 18.2. The standard InChI is InChI=1S/C23H26N4O2/c1-16-8-11-21(29-16)22-18(14-27(24-22)19-6-4-3-5-7-19)13-26-12-17-9-10-20(15-26)25(2)23(17)28/h3-8,11,14,17,20H,9-10,12-13,15H2,1-2H3. The van der Waals surface area contributed by atoms with Gasteiger partial charge in [-0.05, 0) is 44.0 Å². The van der Waals surface area contributed by atoms with E-state index in [1.54, 1.807) is 0 Å². The Morgan fingerprint density at radius 1 is 1.10 bits per heavy atom. The fraction of sp³-hybridized carbons (Fsp3) is 0.391. The third-order valence-electron chi connectivity index (χ3n) is 6.22. The molecule has 2 aromatic heterocycles. The lowest BCUT2D eigenvalue weighted by atomic mass is 9.95. The first-order valence-corrected chi connectivity index (χ1v) is 10.3. The van der Waals surface area contributed by atoms with Crippen molar-refractivity contribution in [2.75, 3.05) is 20.1 Å². The van der Waals surface area contributed by atoms with Gasteiger partial charge >= 0.3 is 0 Å². The van der Waals surface area contributed by atoms with Crippen molar-refractivity contribution in [1.29, 1.82) is 0 Å². The number of piperidine rings is 1. The Labute approximate surface area is 170 Å². The molecule has 1 aromatic carbocycles. The number of carbonyl (C=O) groups is 1.